The van der Waals surface area contributed by atoms with Gasteiger partial charge in [-0.2, -0.15) is 0 Å². The van der Waals surface area contributed by atoms with Crippen molar-refractivity contribution >= 4 is 11.9 Å². The van der Waals surface area contributed by atoms with Crippen molar-refractivity contribution in [1.29, 1.82) is 0 Å². The monoisotopic (exact) mass is 399 g/mol. The zero-order chi connectivity index (χ0) is 21.4. The van der Waals surface area contributed by atoms with Crippen LogP contribution in [0.5, 0.6) is 5.75 Å². The van der Waals surface area contributed by atoms with E-state index in [0.29, 0.717) is 0 Å². The number of phenolic OH excluding ortho intramolecular Hbond substituents is 1. The highest BCUT2D eigenvalue weighted by Crippen LogP contribution is 2.26. The number of rotatable bonds is 6. The number of hydrogen-bond donors (Lipinski definition) is 6. The van der Waals surface area contributed by atoms with Gasteiger partial charge in [-0.05, 0) is 56.5 Å². The summed E-state index contributed by atoms with van der Waals surface area (Å²) >= 11 is 0. The summed E-state index contributed by atoms with van der Waals surface area (Å²) in [6, 6.07) is 6.97. The molecule has 2 rings (SSSR count). The van der Waals surface area contributed by atoms with Crippen LogP contribution in [0.2, 0.25) is 0 Å². The molecule has 1 heterocycles. The molecule has 6 N–H and O–H groups in total. The van der Waals surface area contributed by atoms with E-state index in [0.717, 1.165) is 24.6 Å². The molecule has 9 nitrogen and oxygen atoms in total. The van der Waals surface area contributed by atoms with Crippen LogP contribution in [0.4, 0.5) is 0 Å². The number of aliphatic hydroxyl groups excluding tert-OH is 3. The third kappa shape index (κ3) is 7.08. The largest absolute Gasteiger partial charge is 0.508 e. The Morgan fingerprint density at radius 3 is 1.79 bits per heavy atom. The van der Waals surface area contributed by atoms with E-state index in [1.165, 1.54) is 12.8 Å². The first-order valence-electron chi connectivity index (χ1n) is 9.07. The fourth-order valence-electron chi connectivity index (χ4n) is 2.86. The van der Waals surface area contributed by atoms with Crippen molar-refractivity contribution in [2.24, 2.45) is 5.92 Å². The number of piperidine rings is 1. The molecule has 0 aromatic heterocycles. The third-order valence-electron chi connectivity index (χ3n) is 4.89. The molecule has 28 heavy (non-hydrogen) atoms. The van der Waals surface area contributed by atoms with Gasteiger partial charge in [0.15, 0.2) is 12.2 Å². The number of phenols is 1. The van der Waals surface area contributed by atoms with Crippen molar-refractivity contribution in [3.63, 3.8) is 0 Å². The summed E-state index contributed by atoms with van der Waals surface area (Å²) in [5, 5.41) is 52.2. The molecule has 0 amide bonds. The number of benzene rings is 1. The van der Waals surface area contributed by atoms with Crippen LogP contribution in [0, 0.1) is 5.92 Å². The average molecular weight is 399 g/mol. The Morgan fingerprint density at radius 2 is 1.39 bits per heavy atom. The summed E-state index contributed by atoms with van der Waals surface area (Å²) in [6.45, 7) is 6.50. The normalized spacial score (nSPS) is 19.6. The molecule has 1 aliphatic heterocycles. The lowest BCUT2D eigenvalue weighted by Crippen LogP contribution is -2.42. The molecule has 0 spiro atoms. The predicted octanol–water partition coefficient (Wildman–Crippen LogP) is 0.423. The highest BCUT2D eigenvalue weighted by atomic mass is 16.4. The Hall–Kier alpha value is -2.20. The SMILES string of the molecule is CC1CCN(C(C)C(O)c2ccc(O)cc2)CC1.O=C(O)C(O)C(O)C(=O)O. The lowest BCUT2D eigenvalue weighted by molar-refractivity contribution is -0.165. The van der Waals surface area contributed by atoms with Gasteiger partial charge in [-0.25, -0.2) is 9.59 Å². The molecule has 1 aliphatic rings. The fourth-order valence-corrected chi connectivity index (χ4v) is 2.86. The summed E-state index contributed by atoms with van der Waals surface area (Å²) < 4.78 is 0. The minimum absolute atomic E-state index is 0.127. The zero-order valence-corrected chi connectivity index (χ0v) is 16.0. The van der Waals surface area contributed by atoms with E-state index in [1.807, 2.05) is 0 Å². The van der Waals surface area contributed by atoms with Crippen LogP contribution in [0.1, 0.15) is 38.4 Å². The topological polar surface area (TPSA) is 159 Å². The Balaban J connectivity index is 0.000000336. The molecule has 0 aliphatic carbocycles. The summed E-state index contributed by atoms with van der Waals surface area (Å²) in [5.74, 6) is -2.49. The van der Waals surface area contributed by atoms with E-state index in [4.69, 9.17) is 20.4 Å². The maximum absolute atomic E-state index is 10.4. The van der Waals surface area contributed by atoms with Crippen LogP contribution in [0.15, 0.2) is 24.3 Å². The first kappa shape index (κ1) is 23.8. The number of carboxylic acids is 2. The molecule has 1 saturated heterocycles. The van der Waals surface area contributed by atoms with Crippen molar-refractivity contribution < 1.29 is 40.2 Å². The first-order valence-corrected chi connectivity index (χ1v) is 9.07. The molecule has 1 aromatic carbocycles. The molecule has 1 fully saturated rings. The standard InChI is InChI=1S/C15H23NO2.C4H6O6/c1-11-7-9-16(10-8-11)12(2)15(18)13-3-5-14(17)6-4-13;5-1(3(7)8)2(6)4(9)10/h3-6,11-12,15,17-18H,7-10H2,1-2H3;1-2,5-6H,(H,7,8)(H,9,10). The van der Waals surface area contributed by atoms with Crippen LogP contribution in [-0.4, -0.2) is 78.8 Å². The van der Waals surface area contributed by atoms with Crippen molar-refractivity contribution in [1.82, 2.24) is 4.90 Å². The van der Waals surface area contributed by atoms with Gasteiger partial charge in [-0.15, -0.1) is 0 Å². The minimum atomic E-state index is -2.27. The number of aliphatic hydroxyl groups is 3. The number of aromatic hydroxyl groups is 1. The average Bonchev–Trinajstić information content (AvgIpc) is 2.67. The zero-order valence-electron chi connectivity index (χ0n) is 16.0. The maximum atomic E-state index is 10.4. The highest BCUT2D eigenvalue weighted by molar-refractivity contribution is 5.83. The van der Waals surface area contributed by atoms with Gasteiger partial charge in [0.1, 0.15) is 5.75 Å². The molecule has 9 heteroatoms. The summed E-state index contributed by atoms with van der Waals surface area (Å²) in [7, 11) is 0. The molecular weight excluding hydrogens is 370 g/mol. The first-order chi connectivity index (χ1) is 13.0. The quantitative estimate of drug-likeness (QED) is 0.399. The van der Waals surface area contributed by atoms with Gasteiger partial charge in [-0.3, -0.25) is 4.90 Å². The van der Waals surface area contributed by atoms with Gasteiger partial charge in [0, 0.05) is 6.04 Å². The van der Waals surface area contributed by atoms with Crippen LogP contribution < -0.4 is 0 Å². The molecule has 0 saturated carbocycles. The summed E-state index contributed by atoms with van der Waals surface area (Å²) in [6.07, 6.45) is -2.59. The molecule has 158 valence electrons. The Kier molecular flexibility index (Phi) is 9.33. The van der Waals surface area contributed by atoms with Crippen molar-refractivity contribution in [3.8, 4) is 5.75 Å². The molecule has 1 aromatic rings. The Bertz CT molecular complexity index is 609. The van der Waals surface area contributed by atoms with E-state index in [-0.39, 0.29) is 11.8 Å². The number of nitrogens with zero attached hydrogens (tertiary/aromatic N) is 1. The fraction of sp³-hybridized carbons (Fsp3) is 0.579. The van der Waals surface area contributed by atoms with Crippen LogP contribution in [0.3, 0.4) is 0 Å². The number of hydrogen-bond acceptors (Lipinski definition) is 7. The van der Waals surface area contributed by atoms with Gasteiger partial charge in [0.05, 0.1) is 6.10 Å². The molecule has 4 atom stereocenters. The van der Waals surface area contributed by atoms with E-state index in [9.17, 15) is 19.8 Å². The van der Waals surface area contributed by atoms with Crippen LogP contribution >= 0.6 is 0 Å². The second-order valence-corrected chi connectivity index (χ2v) is 7.06. The lowest BCUT2D eigenvalue weighted by Gasteiger charge is -2.37. The summed E-state index contributed by atoms with van der Waals surface area (Å²) in [5.41, 5.74) is 0.874. The van der Waals surface area contributed by atoms with Crippen LogP contribution in [0.25, 0.3) is 0 Å². The smallest absolute Gasteiger partial charge is 0.335 e. The van der Waals surface area contributed by atoms with Crippen molar-refractivity contribution in [2.75, 3.05) is 13.1 Å². The second-order valence-electron chi connectivity index (χ2n) is 7.06. The van der Waals surface area contributed by atoms with Gasteiger partial charge in [0.2, 0.25) is 0 Å². The molecule has 0 radical (unpaired) electrons. The van der Waals surface area contributed by atoms with E-state index in [2.05, 4.69) is 18.7 Å². The Morgan fingerprint density at radius 1 is 0.964 bits per heavy atom. The second kappa shape index (κ2) is 11.0. The van der Waals surface area contributed by atoms with Gasteiger partial charge in [0.25, 0.3) is 0 Å². The third-order valence-corrected chi connectivity index (χ3v) is 4.89. The molecule has 0 bridgehead atoms. The number of carboxylic acid groups (broad SMARTS) is 2. The molecule has 4 unspecified atom stereocenters. The number of carbonyl (C=O) groups is 2. The highest BCUT2D eigenvalue weighted by Gasteiger charge is 2.29. The lowest BCUT2D eigenvalue weighted by atomic mass is 9.95. The molecular formula is C19H29NO8. The number of likely N-dealkylation sites (tertiary alicyclic amines) is 1. The summed E-state index contributed by atoms with van der Waals surface area (Å²) in [4.78, 5) is 21.9. The van der Waals surface area contributed by atoms with Crippen molar-refractivity contribution in [3.05, 3.63) is 29.8 Å². The van der Waals surface area contributed by atoms with E-state index in [1.54, 1.807) is 24.3 Å². The predicted molar refractivity (Wildman–Crippen MR) is 99.8 cm³/mol. The van der Waals surface area contributed by atoms with Gasteiger partial charge < -0.3 is 30.6 Å². The Labute approximate surface area is 163 Å². The van der Waals surface area contributed by atoms with E-state index >= 15 is 0 Å². The van der Waals surface area contributed by atoms with Crippen LogP contribution in [-0.2, 0) is 9.59 Å². The maximum Gasteiger partial charge on any atom is 0.335 e. The van der Waals surface area contributed by atoms with Gasteiger partial charge >= 0.3 is 11.9 Å². The van der Waals surface area contributed by atoms with E-state index < -0.39 is 30.3 Å². The van der Waals surface area contributed by atoms with Gasteiger partial charge in [-0.1, -0.05) is 19.1 Å². The van der Waals surface area contributed by atoms with Crippen molar-refractivity contribution in [2.45, 2.75) is 51.0 Å². The minimum Gasteiger partial charge on any atom is -0.508 e. The number of aliphatic carboxylic acids is 2.